The molecule has 0 aliphatic rings. The summed E-state index contributed by atoms with van der Waals surface area (Å²) in [6.07, 6.45) is -9.36. The Kier molecular flexibility index (Phi) is 4.86. The number of hydrogen-bond donors (Lipinski definition) is 1. The minimum Gasteiger partial charge on any atom is -0.467 e. The van der Waals surface area contributed by atoms with Crippen LogP contribution in [0.5, 0.6) is 5.88 Å². The monoisotopic (exact) mass is 351 g/mol. The second-order valence-corrected chi connectivity index (χ2v) is 4.81. The fourth-order valence-electron chi connectivity index (χ4n) is 1.73. The minimum absolute atomic E-state index is 0.314. The summed E-state index contributed by atoms with van der Waals surface area (Å²) in [6, 6.07) is 6.74. The van der Waals surface area contributed by atoms with Crippen LogP contribution in [-0.2, 0) is 6.18 Å². The number of nitrogens with one attached hydrogen (secondary N) is 1. The van der Waals surface area contributed by atoms with E-state index in [0.29, 0.717) is 11.9 Å². The van der Waals surface area contributed by atoms with Crippen LogP contribution in [-0.4, -0.2) is 22.8 Å². The third-order valence-electron chi connectivity index (χ3n) is 2.71. The van der Waals surface area contributed by atoms with E-state index in [1.165, 1.54) is 0 Å². The number of ether oxygens (including phenoxy) is 1. The molecular formula is C14H11F6N3O. The van der Waals surface area contributed by atoms with Gasteiger partial charge in [-0.15, -0.1) is 0 Å². The Bertz CT molecular complexity index is 714. The van der Waals surface area contributed by atoms with Gasteiger partial charge in [-0.05, 0) is 24.6 Å². The third kappa shape index (κ3) is 5.00. The molecule has 0 aliphatic heterocycles. The van der Waals surface area contributed by atoms with E-state index in [0.717, 1.165) is 5.56 Å². The van der Waals surface area contributed by atoms with Crippen LogP contribution < -0.4 is 10.1 Å². The number of nitrogens with zero attached hydrogens (tertiary/aromatic N) is 2. The highest BCUT2D eigenvalue weighted by Gasteiger charge is 2.38. The van der Waals surface area contributed by atoms with Crippen LogP contribution in [0.3, 0.4) is 0 Å². The number of aromatic nitrogens is 2. The van der Waals surface area contributed by atoms with Crippen molar-refractivity contribution in [1.82, 2.24) is 9.97 Å². The lowest BCUT2D eigenvalue weighted by molar-refractivity contribution is -0.159. The smallest absolute Gasteiger partial charge is 0.423 e. The van der Waals surface area contributed by atoms with Gasteiger partial charge in [0.15, 0.2) is 6.61 Å². The van der Waals surface area contributed by atoms with Crippen LogP contribution in [0.15, 0.2) is 30.5 Å². The van der Waals surface area contributed by atoms with Crippen molar-refractivity contribution in [2.75, 3.05) is 11.9 Å². The van der Waals surface area contributed by atoms with Gasteiger partial charge in [0.1, 0.15) is 5.56 Å². The summed E-state index contributed by atoms with van der Waals surface area (Å²) >= 11 is 0. The van der Waals surface area contributed by atoms with Gasteiger partial charge in [0.2, 0.25) is 11.8 Å². The molecule has 0 aliphatic carbocycles. The summed E-state index contributed by atoms with van der Waals surface area (Å²) in [5.41, 5.74) is -0.154. The van der Waals surface area contributed by atoms with Crippen LogP contribution in [0.4, 0.5) is 38.0 Å². The quantitative estimate of drug-likeness (QED) is 0.825. The highest BCUT2D eigenvalue weighted by atomic mass is 19.4. The van der Waals surface area contributed by atoms with Gasteiger partial charge < -0.3 is 10.1 Å². The minimum atomic E-state index is -4.94. The molecule has 0 spiro atoms. The molecule has 2 rings (SSSR count). The summed E-state index contributed by atoms with van der Waals surface area (Å²) in [6.45, 7) is -0.104. The lowest BCUT2D eigenvalue weighted by atomic mass is 10.2. The average Bonchev–Trinajstić information content (AvgIpc) is 2.43. The topological polar surface area (TPSA) is 47.0 Å². The van der Waals surface area contributed by atoms with Crippen molar-refractivity contribution >= 4 is 11.6 Å². The maximum absolute atomic E-state index is 12.8. The third-order valence-corrected chi connectivity index (χ3v) is 2.71. The number of hydrogen-bond acceptors (Lipinski definition) is 4. The fourth-order valence-corrected chi connectivity index (χ4v) is 1.73. The fraction of sp³-hybridized carbons (Fsp3) is 0.286. The molecule has 2 aromatic rings. The van der Waals surface area contributed by atoms with E-state index in [-0.39, 0.29) is 5.95 Å². The van der Waals surface area contributed by atoms with Crippen molar-refractivity contribution in [3.05, 3.63) is 41.6 Å². The molecule has 130 valence electrons. The van der Waals surface area contributed by atoms with Crippen molar-refractivity contribution < 1.29 is 31.1 Å². The molecule has 0 radical (unpaired) electrons. The van der Waals surface area contributed by atoms with Gasteiger partial charge in [-0.25, -0.2) is 4.98 Å². The molecule has 0 fully saturated rings. The molecule has 1 aromatic heterocycles. The van der Waals surface area contributed by atoms with Crippen LogP contribution in [0.2, 0.25) is 0 Å². The molecule has 0 unspecified atom stereocenters. The van der Waals surface area contributed by atoms with Crippen molar-refractivity contribution in [2.24, 2.45) is 0 Å². The first-order chi connectivity index (χ1) is 11.0. The lowest BCUT2D eigenvalue weighted by Crippen LogP contribution is -2.22. The predicted molar refractivity (Wildman–Crippen MR) is 73.0 cm³/mol. The summed E-state index contributed by atoms with van der Waals surface area (Å²) in [5.74, 6) is -1.50. The SMILES string of the molecule is Cc1cccc(Nc2ncc(C(F)(F)F)c(OCC(F)(F)F)n2)c1. The Labute approximate surface area is 132 Å². The molecular weight excluding hydrogens is 340 g/mol. The first-order valence-corrected chi connectivity index (χ1v) is 6.52. The van der Waals surface area contributed by atoms with Crippen molar-refractivity contribution in [2.45, 2.75) is 19.3 Å². The Balaban J connectivity index is 2.30. The maximum atomic E-state index is 12.8. The van der Waals surface area contributed by atoms with Crippen LogP contribution in [0.25, 0.3) is 0 Å². The molecule has 1 N–H and O–H groups in total. The zero-order chi connectivity index (χ0) is 18.0. The second kappa shape index (κ2) is 6.54. The van der Waals surface area contributed by atoms with E-state index >= 15 is 0 Å². The van der Waals surface area contributed by atoms with Crippen LogP contribution in [0.1, 0.15) is 11.1 Å². The van der Waals surface area contributed by atoms with E-state index in [2.05, 4.69) is 20.0 Å². The molecule has 1 heterocycles. The highest BCUT2D eigenvalue weighted by molar-refractivity contribution is 5.54. The zero-order valence-electron chi connectivity index (χ0n) is 12.2. The maximum Gasteiger partial charge on any atom is 0.423 e. The van der Waals surface area contributed by atoms with Gasteiger partial charge in [0.25, 0.3) is 0 Å². The van der Waals surface area contributed by atoms with E-state index in [4.69, 9.17) is 0 Å². The number of rotatable bonds is 4. The first kappa shape index (κ1) is 17.8. The predicted octanol–water partition coefficient (Wildman–Crippen LogP) is 4.49. The standard InChI is InChI=1S/C14H11F6N3O/c1-8-3-2-4-9(5-8)22-12-21-6-10(14(18,19)20)11(23-12)24-7-13(15,16)17/h2-6H,7H2,1H3,(H,21,22,23). The highest BCUT2D eigenvalue weighted by Crippen LogP contribution is 2.35. The van der Waals surface area contributed by atoms with Gasteiger partial charge in [0.05, 0.1) is 0 Å². The molecule has 0 saturated heterocycles. The molecule has 0 bridgehead atoms. The second-order valence-electron chi connectivity index (χ2n) is 4.81. The van der Waals surface area contributed by atoms with Gasteiger partial charge in [-0.2, -0.15) is 31.3 Å². The summed E-state index contributed by atoms with van der Waals surface area (Å²) < 4.78 is 79.2. The molecule has 1 aromatic carbocycles. The van der Waals surface area contributed by atoms with Gasteiger partial charge >= 0.3 is 12.4 Å². The number of anilines is 2. The number of halogens is 6. The van der Waals surface area contributed by atoms with Crippen molar-refractivity contribution in [3.8, 4) is 5.88 Å². The van der Waals surface area contributed by atoms with E-state index < -0.39 is 30.4 Å². The average molecular weight is 351 g/mol. The Morgan fingerprint density at radius 1 is 1.12 bits per heavy atom. The van der Waals surface area contributed by atoms with E-state index in [1.54, 1.807) is 31.2 Å². The summed E-state index contributed by atoms with van der Waals surface area (Å²) in [7, 11) is 0. The normalized spacial score (nSPS) is 12.1. The van der Waals surface area contributed by atoms with Gasteiger partial charge in [0, 0.05) is 11.9 Å². The Morgan fingerprint density at radius 3 is 2.42 bits per heavy atom. The molecule has 24 heavy (non-hydrogen) atoms. The molecule has 0 atom stereocenters. The summed E-state index contributed by atoms with van der Waals surface area (Å²) in [4.78, 5) is 6.87. The van der Waals surface area contributed by atoms with E-state index in [1.807, 2.05) is 0 Å². The molecule has 4 nitrogen and oxygen atoms in total. The number of alkyl halides is 6. The number of aryl methyl sites for hydroxylation is 1. The largest absolute Gasteiger partial charge is 0.467 e. The Hall–Kier alpha value is -2.52. The molecule has 0 saturated carbocycles. The summed E-state index contributed by atoms with van der Waals surface area (Å²) in [5, 5.41) is 2.61. The number of benzene rings is 1. The van der Waals surface area contributed by atoms with Crippen LogP contribution >= 0.6 is 0 Å². The molecule has 10 heteroatoms. The zero-order valence-corrected chi connectivity index (χ0v) is 12.2. The molecule has 0 amide bonds. The lowest BCUT2D eigenvalue weighted by Gasteiger charge is -2.15. The van der Waals surface area contributed by atoms with Gasteiger partial charge in [-0.1, -0.05) is 12.1 Å². The van der Waals surface area contributed by atoms with Crippen molar-refractivity contribution in [3.63, 3.8) is 0 Å². The van der Waals surface area contributed by atoms with E-state index in [9.17, 15) is 26.3 Å². The van der Waals surface area contributed by atoms with Crippen molar-refractivity contribution in [1.29, 1.82) is 0 Å². The van der Waals surface area contributed by atoms with Gasteiger partial charge in [-0.3, -0.25) is 0 Å². The Morgan fingerprint density at radius 2 is 1.83 bits per heavy atom. The first-order valence-electron chi connectivity index (χ1n) is 6.52. The van der Waals surface area contributed by atoms with Crippen LogP contribution in [0, 0.1) is 6.92 Å².